The van der Waals surface area contributed by atoms with Gasteiger partial charge in [-0.2, -0.15) is 0 Å². The van der Waals surface area contributed by atoms with E-state index < -0.39 is 0 Å². The van der Waals surface area contributed by atoms with Crippen molar-refractivity contribution < 1.29 is 9.59 Å². The van der Waals surface area contributed by atoms with Crippen molar-refractivity contribution in [3.8, 4) is 0 Å². The summed E-state index contributed by atoms with van der Waals surface area (Å²) in [6, 6.07) is 12.2. The van der Waals surface area contributed by atoms with Crippen LogP contribution < -0.4 is 0 Å². The van der Waals surface area contributed by atoms with Crippen molar-refractivity contribution in [1.29, 1.82) is 0 Å². The van der Waals surface area contributed by atoms with Crippen LogP contribution in [0.2, 0.25) is 0 Å². The average Bonchev–Trinajstić information content (AvgIpc) is 3.24. The van der Waals surface area contributed by atoms with Crippen LogP contribution in [0.15, 0.2) is 47.5 Å². The smallest absolute Gasteiger partial charge is 0.277 e. The molecule has 1 aromatic heterocycles. The Hall–Kier alpha value is -2.40. The summed E-state index contributed by atoms with van der Waals surface area (Å²) >= 11 is 1.52. The van der Waals surface area contributed by atoms with Gasteiger partial charge in [0.15, 0.2) is 0 Å². The van der Waals surface area contributed by atoms with E-state index in [4.69, 9.17) is 0 Å². The average molecular weight is 352 g/mol. The number of nitrogens with zero attached hydrogens (tertiary/aromatic N) is 2. The van der Waals surface area contributed by atoms with E-state index in [2.05, 4.69) is 23.1 Å². The normalized spacial score (nSPS) is 17.5. The van der Waals surface area contributed by atoms with Gasteiger partial charge in [0, 0.05) is 24.5 Å². The zero-order valence-electron chi connectivity index (χ0n) is 14.2. The zero-order valence-corrected chi connectivity index (χ0v) is 15.0. The lowest BCUT2D eigenvalue weighted by molar-refractivity contribution is -0.137. The van der Waals surface area contributed by atoms with Gasteiger partial charge in [0.2, 0.25) is 0 Å². The zero-order chi connectivity index (χ0) is 17.4. The molecule has 2 aromatic rings. The molecule has 4 nitrogen and oxygen atoms in total. The summed E-state index contributed by atoms with van der Waals surface area (Å²) < 4.78 is 0. The molecule has 128 valence electrons. The fourth-order valence-electron chi connectivity index (χ4n) is 3.61. The number of benzene rings is 1. The number of imide groups is 1. The highest BCUT2D eigenvalue weighted by molar-refractivity contribution is 7.11. The van der Waals surface area contributed by atoms with Crippen LogP contribution in [0.4, 0.5) is 0 Å². The van der Waals surface area contributed by atoms with E-state index in [1.54, 1.807) is 0 Å². The lowest BCUT2D eigenvalue weighted by Crippen LogP contribution is -2.37. The Morgan fingerprint density at radius 1 is 1.04 bits per heavy atom. The van der Waals surface area contributed by atoms with E-state index in [-0.39, 0.29) is 11.8 Å². The summed E-state index contributed by atoms with van der Waals surface area (Å²) in [5.74, 6) is -0.294. The van der Waals surface area contributed by atoms with E-state index >= 15 is 0 Å². The number of hydrogen-bond donors (Lipinski definition) is 0. The minimum atomic E-state index is -0.150. The minimum absolute atomic E-state index is 0.144. The second-order valence-corrected chi connectivity index (χ2v) is 7.35. The van der Waals surface area contributed by atoms with Gasteiger partial charge >= 0.3 is 0 Å². The van der Waals surface area contributed by atoms with Crippen molar-refractivity contribution in [2.24, 2.45) is 0 Å². The highest BCUT2D eigenvalue weighted by atomic mass is 32.1. The number of hydrogen-bond acceptors (Lipinski definition) is 4. The number of fused-ring (bicyclic) bond motifs is 1. The molecular weight excluding hydrogens is 332 g/mol. The monoisotopic (exact) mass is 352 g/mol. The molecule has 25 heavy (non-hydrogen) atoms. The van der Waals surface area contributed by atoms with Crippen LogP contribution in [0.5, 0.6) is 0 Å². The van der Waals surface area contributed by atoms with Crippen molar-refractivity contribution in [2.45, 2.75) is 26.3 Å². The number of carbonyl (C=O) groups is 2. The first-order valence-corrected chi connectivity index (χ1v) is 9.54. The van der Waals surface area contributed by atoms with E-state index in [0.29, 0.717) is 24.4 Å². The first-order chi connectivity index (χ1) is 12.2. The van der Waals surface area contributed by atoms with Crippen LogP contribution in [0.25, 0.3) is 5.57 Å². The van der Waals surface area contributed by atoms with E-state index in [1.165, 1.54) is 27.4 Å². The molecule has 0 N–H and O–H groups in total. The maximum atomic E-state index is 13.0. The third-order valence-electron chi connectivity index (χ3n) is 4.81. The highest BCUT2D eigenvalue weighted by Crippen LogP contribution is 2.36. The Bertz CT molecular complexity index is 854. The Morgan fingerprint density at radius 2 is 1.84 bits per heavy atom. The Balaban J connectivity index is 1.76. The van der Waals surface area contributed by atoms with Gasteiger partial charge in [-0.05, 0) is 35.4 Å². The van der Waals surface area contributed by atoms with Crippen LogP contribution in [-0.2, 0) is 22.6 Å². The molecule has 5 heteroatoms. The van der Waals surface area contributed by atoms with Gasteiger partial charge in [0.1, 0.15) is 5.70 Å². The molecule has 2 aliphatic rings. The third-order valence-corrected chi connectivity index (χ3v) is 5.69. The highest BCUT2D eigenvalue weighted by Gasteiger charge is 2.41. The molecule has 0 radical (unpaired) electrons. The lowest BCUT2D eigenvalue weighted by Gasteiger charge is -2.31. The maximum absolute atomic E-state index is 13.0. The first kappa shape index (κ1) is 16.1. The van der Waals surface area contributed by atoms with Gasteiger partial charge < -0.3 is 4.90 Å². The lowest BCUT2D eigenvalue weighted by atomic mass is 9.99. The second-order valence-electron chi connectivity index (χ2n) is 6.40. The predicted molar refractivity (Wildman–Crippen MR) is 98.8 cm³/mol. The van der Waals surface area contributed by atoms with Gasteiger partial charge in [-0.3, -0.25) is 14.5 Å². The standard InChI is InChI=1S/C20H20N2O2S/c1-2-10-22-19(23)17(16-8-5-12-25-16)18(20(22)24)21-11-9-14-6-3-4-7-15(14)13-21/h3-8,12H,2,9-11,13H2,1H3. The van der Waals surface area contributed by atoms with Gasteiger partial charge in [0.05, 0.1) is 5.57 Å². The maximum Gasteiger partial charge on any atom is 0.277 e. The van der Waals surface area contributed by atoms with Crippen LogP contribution in [0.3, 0.4) is 0 Å². The molecule has 0 unspecified atom stereocenters. The molecule has 4 rings (SSSR count). The van der Waals surface area contributed by atoms with Gasteiger partial charge in [-0.1, -0.05) is 37.3 Å². The second kappa shape index (κ2) is 6.48. The summed E-state index contributed by atoms with van der Waals surface area (Å²) in [5.41, 5.74) is 3.73. The molecule has 0 fully saturated rings. The molecule has 0 saturated carbocycles. The number of thiophene rings is 1. The van der Waals surface area contributed by atoms with Crippen LogP contribution in [0.1, 0.15) is 29.3 Å². The molecule has 0 spiro atoms. The fraction of sp³-hybridized carbons (Fsp3) is 0.300. The van der Waals surface area contributed by atoms with Crippen molar-refractivity contribution in [3.05, 3.63) is 63.5 Å². The Morgan fingerprint density at radius 3 is 2.56 bits per heavy atom. The van der Waals surface area contributed by atoms with Gasteiger partial charge in [0.25, 0.3) is 11.8 Å². The van der Waals surface area contributed by atoms with Crippen LogP contribution in [0, 0.1) is 0 Å². The summed E-state index contributed by atoms with van der Waals surface area (Å²) in [4.78, 5) is 30.3. The number of carbonyl (C=O) groups excluding carboxylic acids is 2. The SMILES string of the molecule is CCCN1C(=O)C(c2cccs2)=C(N2CCc3ccccc3C2)C1=O. The fourth-order valence-corrected chi connectivity index (χ4v) is 4.38. The van der Waals surface area contributed by atoms with Crippen LogP contribution in [-0.4, -0.2) is 34.7 Å². The third kappa shape index (κ3) is 2.68. The molecule has 0 bridgehead atoms. The molecule has 3 heterocycles. The molecule has 1 aromatic carbocycles. The van der Waals surface area contributed by atoms with Crippen molar-refractivity contribution in [1.82, 2.24) is 9.80 Å². The quantitative estimate of drug-likeness (QED) is 0.793. The summed E-state index contributed by atoms with van der Waals surface area (Å²) in [5, 5.41) is 1.95. The van der Waals surface area contributed by atoms with Gasteiger partial charge in [-0.15, -0.1) is 11.3 Å². The van der Waals surface area contributed by atoms with Crippen molar-refractivity contribution in [3.63, 3.8) is 0 Å². The van der Waals surface area contributed by atoms with Crippen molar-refractivity contribution >= 4 is 28.7 Å². The summed E-state index contributed by atoms with van der Waals surface area (Å²) in [6.07, 6.45) is 1.66. The molecule has 0 aliphatic carbocycles. The van der Waals surface area contributed by atoms with E-state index in [9.17, 15) is 9.59 Å². The Kier molecular flexibility index (Phi) is 4.17. The largest absolute Gasteiger partial charge is 0.362 e. The predicted octanol–water partition coefficient (Wildman–Crippen LogP) is 3.30. The molecular formula is C20H20N2O2S. The minimum Gasteiger partial charge on any atom is -0.362 e. The molecule has 0 saturated heterocycles. The van der Waals surface area contributed by atoms with Crippen molar-refractivity contribution in [2.75, 3.05) is 13.1 Å². The molecule has 0 atom stereocenters. The molecule has 2 aliphatic heterocycles. The summed E-state index contributed by atoms with van der Waals surface area (Å²) in [6.45, 7) is 3.90. The first-order valence-electron chi connectivity index (χ1n) is 8.66. The number of amides is 2. The topological polar surface area (TPSA) is 40.6 Å². The molecule has 2 amide bonds. The number of rotatable bonds is 4. The van der Waals surface area contributed by atoms with E-state index in [1.807, 2.05) is 30.5 Å². The summed E-state index contributed by atoms with van der Waals surface area (Å²) in [7, 11) is 0. The van der Waals surface area contributed by atoms with Gasteiger partial charge in [-0.25, -0.2) is 0 Å². The van der Waals surface area contributed by atoms with E-state index in [0.717, 1.165) is 24.3 Å². The Labute approximate surface area is 151 Å². The van der Waals surface area contributed by atoms with Crippen LogP contribution >= 0.6 is 11.3 Å².